The number of amides is 4. The second-order valence-corrected chi connectivity index (χ2v) is 8.86. The molecule has 2 fully saturated rings. The van der Waals surface area contributed by atoms with Crippen molar-refractivity contribution in [3.8, 4) is 0 Å². The van der Waals surface area contributed by atoms with Crippen LogP contribution >= 0.6 is 22.9 Å². The number of nitrogens with one attached hydrogen (secondary N) is 2. The summed E-state index contributed by atoms with van der Waals surface area (Å²) in [5.74, 6) is -0.496. The summed E-state index contributed by atoms with van der Waals surface area (Å²) in [5.41, 5.74) is 0.809. The molecule has 0 radical (unpaired) electrons. The number of hydrogen-bond donors (Lipinski definition) is 2. The third-order valence-electron chi connectivity index (χ3n) is 5.48. The number of piperidine rings is 1. The molecule has 0 spiro atoms. The lowest BCUT2D eigenvalue weighted by Gasteiger charge is -2.46. The highest BCUT2D eigenvalue weighted by Gasteiger charge is 2.47. The van der Waals surface area contributed by atoms with E-state index in [0.29, 0.717) is 11.4 Å². The monoisotopic (exact) mass is 446 g/mol. The molecule has 2 atom stereocenters. The van der Waals surface area contributed by atoms with Crippen LogP contribution in [0.3, 0.4) is 0 Å². The van der Waals surface area contributed by atoms with Crippen molar-refractivity contribution >= 4 is 40.8 Å². The van der Waals surface area contributed by atoms with E-state index in [4.69, 9.17) is 11.6 Å². The molecule has 0 aliphatic carbocycles. The first-order chi connectivity index (χ1) is 14.5. The van der Waals surface area contributed by atoms with Crippen molar-refractivity contribution in [1.29, 1.82) is 0 Å². The molecule has 2 aliphatic heterocycles. The Bertz CT molecular complexity index is 936. The number of benzene rings is 1. The smallest absolute Gasteiger partial charge is 0.327 e. The van der Waals surface area contributed by atoms with Crippen molar-refractivity contribution in [2.45, 2.75) is 38.0 Å². The average molecular weight is 447 g/mol. The number of imide groups is 1. The maximum absolute atomic E-state index is 13.2. The maximum atomic E-state index is 13.2. The van der Waals surface area contributed by atoms with Gasteiger partial charge in [-0.15, -0.1) is 11.3 Å². The van der Waals surface area contributed by atoms with Gasteiger partial charge in [0.1, 0.15) is 12.6 Å². The predicted octanol–water partition coefficient (Wildman–Crippen LogP) is 2.60. The van der Waals surface area contributed by atoms with E-state index in [0.717, 1.165) is 23.4 Å². The molecule has 2 saturated heterocycles. The summed E-state index contributed by atoms with van der Waals surface area (Å²) >= 11 is 7.64. The quantitative estimate of drug-likeness (QED) is 0.714. The topological polar surface area (TPSA) is 81.8 Å². The van der Waals surface area contributed by atoms with E-state index < -0.39 is 12.1 Å². The highest BCUT2D eigenvalue weighted by molar-refractivity contribution is 7.09. The zero-order valence-corrected chi connectivity index (χ0v) is 17.9. The Balaban J connectivity index is 1.47. The van der Waals surface area contributed by atoms with Crippen molar-refractivity contribution in [3.63, 3.8) is 0 Å². The molecule has 0 saturated carbocycles. The van der Waals surface area contributed by atoms with E-state index >= 15 is 0 Å². The molecule has 2 aromatic rings. The minimum absolute atomic E-state index is 0.0969. The number of halogens is 1. The molecular weight excluding hydrogens is 424 g/mol. The van der Waals surface area contributed by atoms with Crippen molar-refractivity contribution in [2.24, 2.45) is 0 Å². The zero-order chi connectivity index (χ0) is 21.1. The van der Waals surface area contributed by atoms with Gasteiger partial charge in [-0.25, -0.2) is 4.79 Å². The Morgan fingerprint density at radius 3 is 2.83 bits per heavy atom. The van der Waals surface area contributed by atoms with Gasteiger partial charge in [0.05, 0.1) is 12.6 Å². The fourth-order valence-electron chi connectivity index (χ4n) is 3.95. The van der Waals surface area contributed by atoms with Crippen LogP contribution < -0.4 is 10.6 Å². The van der Waals surface area contributed by atoms with Crippen LogP contribution in [-0.4, -0.2) is 52.8 Å². The summed E-state index contributed by atoms with van der Waals surface area (Å²) in [6.07, 6.45) is 1.55. The van der Waals surface area contributed by atoms with E-state index in [9.17, 15) is 14.4 Å². The molecule has 158 valence electrons. The SMILES string of the molecule is O=C(CN1C(=O)N(Cc2cccs2)C(=O)C2NCCCC21)NCc1ccccc1Cl. The normalized spacial score (nSPS) is 21.5. The van der Waals surface area contributed by atoms with Crippen LogP contribution in [0.5, 0.6) is 0 Å². The van der Waals surface area contributed by atoms with Crippen LogP contribution in [-0.2, 0) is 22.7 Å². The second kappa shape index (κ2) is 9.16. The lowest BCUT2D eigenvalue weighted by molar-refractivity contribution is -0.139. The largest absolute Gasteiger partial charge is 0.350 e. The van der Waals surface area contributed by atoms with E-state index in [1.54, 1.807) is 6.07 Å². The van der Waals surface area contributed by atoms with Crippen LogP contribution in [0, 0.1) is 0 Å². The standard InChI is InChI=1S/C21H23ClN4O3S/c22-16-7-2-1-5-14(16)11-24-18(27)13-25-17-8-3-9-23-19(17)20(28)26(21(25)29)12-15-6-4-10-30-15/h1-2,4-7,10,17,19,23H,3,8-9,11-13H2,(H,24,27). The van der Waals surface area contributed by atoms with Crippen LogP contribution in [0.25, 0.3) is 0 Å². The summed E-state index contributed by atoms with van der Waals surface area (Å²) in [6, 6.07) is 9.88. The molecule has 9 heteroatoms. The highest BCUT2D eigenvalue weighted by atomic mass is 35.5. The average Bonchev–Trinajstić information content (AvgIpc) is 3.27. The molecule has 3 heterocycles. The van der Waals surface area contributed by atoms with Crippen molar-refractivity contribution < 1.29 is 14.4 Å². The summed E-state index contributed by atoms with van der Waals surface area (Å²) in [5, 5.41) is 8.57. The molecule has 4 amide bonds. The molecule has 2 aliphatic rings. The third-order valence-corrected chi connectivity index (χ3v) is 6.71. The van der Waals surface area contributed by atoms with Gasteiger partial charge in [-0.1, -0.05) is 35.9 Å². The molecule has 4 rings (SSSR count). The van der Waals surface area contributed by atoms with Gasteiger partial charge in [0.2, 0.25) is 11.8 Å². The Hall–Kier alpha value is -2.42. The number of thiophene rings is 1. The molecule has 1 aromatic heterocycles. The van der Waals surface area contributed by atoms with Gasteiger partial charge in [0.25, 0.3) is 0 Å². The van der Waals surface area contributed by atoms with Crippen molar-refractivity contribution in [3.05, 3.63) is 57.2 Å². The predicted molar refractivity (Wildman–Crippen MR) is 115 cm³/mol. The molecule has 0 bridgehead atoms. The van der Waals surface area contributed by atoms with Gasteiger partial charge in [0.15, 0.2) is 0 Å². The van der Waals surface area contributed by atoms with E-state index in [1.165, 1.54) is 21.1 Å². The van der Waals surface area contributed by atoms with Crippen LogP contribution in [0.15, 0.2) is 41.8 Å². The first-order valence-electron chi connectivity index (χ1n) is 9.92. The van der Waals surface area contributed by atoms with Crippen LogP contribution in [0.4, 0.5) is 4.79 Å². The first-order valence-corrected chi connectivity index (χ1v) is 11.2. The summed E-state index contributed by atoms with van der Waals surface area (Å²) in [7, 11) is 0. The Morgan fingerprint density at radius 2 is 2.07 bits per heavy atom. The summed E-state index contributed by atoms with van der Waals surface area (Å²) < 4.78 is 0. The molecule has 1 aromatic carbocycles. The number of urea groups is 1. The van der Waals surface area contributed by atoms with Crippen LogP contribution in [0.2, 0.25) is 5.02 Å². The lowest BCUT2D eigenvalue weighted by Crippen LogP contribution is -2.70. The summed E-state index contributed by atoms with van der Waals surface area (Å²) in [4.78, 5) is 42.5. The fraction of sp³-hybridized carbons (Fsp3) is 0.381. The van der Waals surface area contributed by atoms with Gasteiger partial charge in [0, 0.05) is 16.4 Å². The van der Waals surface area contributed by atoms with Crippen molar-refractivity contribution in [2.75, 3.05) is 13.1 Å². The third kappa shape index (κ3) is 4.35. The van der Waals surface area contributed by atoms with Gasteiger partial charge >= 0.3 is 6.03 Å². The van der Waals surface area contributed by atoms with E-state index in [2.05, 4.69) is 10.6 Å². The number of hydrogen-bond acceptors (Lipinski definition) is 5. The lowest BCUT2D eigenvalue weighted by atomic mass is 9.93. The van der Waals surface area contributed by atoms with Crippen molar-refractivity contribution in [1.82, 2.24) is 20.4 Å². The fourth-order valence-corrected chi connectivity index (χ4v) is 4.85. The van der Waals surface area contributed by atoms with E-state index in [-0.39, 0.29) is 37.5 Å². The number of rotatable bonds is 6. The van der Waals surface area contributed by atoms with Crippen LogP contribution in [0.1, 0.15) is 23.3 Å². The Kier molecular flexibility index (Phi) is 6.36. The number of fused-ring (bicyclic) bond motifs is 1. The number of carbonyl (C=O) groups is 3. The van der Waals surface area contributed by atoms with Gasteiger partial charge in [-0.05, 0) is 42.5 Å². The number of carbonyl (C=O) groups excluding carboxylic acids is 3. The zero-order valence-electron chi connectivity index (χ0n) is 16.3. The Labute approximate surface area is 184 Å². The summed E-state index contributed by atoms with van der Waals surface area (Å²) in [6.45, 7) is 1.13. The first kappa shape index (κ1) is 20.8. The molecular formula is C21H23ClN4O3S. The van der Waals surface area contributed by atoms with E-state index in [1.807, 2.05) is 35.7 Å². The minimum Gasteiger partial charge on any atom is -0.350 e. The number of nitrogens with zero attached hydrogens (tertiary/aromatic N) is 2. The van der Waals surface area contributed by atoms with Gasteiger partial charge in [-0.3, -0.25) is 14.5 Å². The Morgan fingerprint density at radius 1 is 1.23 bits per heavy atom. The molecule has 7 nitrogen and oxygen atoms in total. The molecule has 2 unspecified atom stereocenters. The van der Waals surface area contributed by atoms with Gasteiger partial charge in [-0.2, -0.15) is 0 Å². The van der Waals surface area contributed by atoms with Gasteiger partial charge < -0.3 is 15.5 Å². The second-order valence-electron chi connectivity index (χ2n) is 7.42. The maximum Gasteiger partial charge on any atom is 0.327 e. The minimum atomic E-state index is -0.479. The molecule has 2 N–H and O–H groups in total. The highest BCUT2D eigenvalue weighted by Crippen LogP contribution is 2.26. The molecule has 30 heavy (non-hydrogen) atoms.